The summed E-state index contributed by atoms with van der Waals surface area (Å²) in [5.74, 6) is -0.623. The highest BCUT2D eigenvalue weighted by atomic mass is 16.5. The maximum Gasteiger partial charge on any atom is 0.253 e. The van der Waals surface area contributed by atoms with E-state index in [0.717, 1.165) is 16.7 Å². The van der Waals surface area contributed by atoms with Crippen LogP contribution in [0.15, 0.2) is 84.0 Å². The summed E-state index contributed by atoms with van der Waals surface area (Å²) < 4.78 is 11.3. The van der Waals surface area contributed by atoms with Gasteiger partial charge in [-0.2, -0.15) is 5.10 Å². The molecule has 1 aliphatic rings. The molecule has 3 aromatic carbocycles. The van der Waals surface area contributed by atoms with Crippen LogP contribution in [0.5, 0.6) is 11.5 Å². The van der Waals surface area contributed by atoms with Gasteiger partial charge in [0, 0.05) is 12.5 Å². The van der Waals surface area contributed by atoms with E-state index in [1.54, 1.807) is 19.2 Å². The molecule has 1 heterocycles. The number of nitrogens with one attached hydrogen (secondary N) is 2. The maximum absolute atomic E-state index is 12.7. The topological polar surface area (TPSA) is 89.0 Å². The number of ether oxygens (including phenoxy) is 2. The summed E-state index contributed by atoms with van der Waals surface area (Å²) in [5, 5.41) is 6.82. The number of carbonyl (C=O) groups is 2. The summed E-state index contributed by atoms with van der Waals surface area (Å²) in [6.07, 6.45) is 1.51. The Kier molecular flexibility index (Phi) is 6.99. The van der Waals surface area contributed by atoms with Gasteiger partial charge in [-0.05, 0) is 34.9 Å². The third kappa shape index (κ3) is 5.38. The summed E-state index contributed by atoms with van der Waals surface area (Å²) in [6.45, 7) is 0.846. The van der Waals surface area contributed by atoms with E-state index in [1.807, 2.05) is 66.7 Å². The number of hydrogen-bond donors (Lipinski definition) is 2. The Morgan fingerprint density at radius 2 is 1.79 bits per heavy atom. The van der Waals surface area contributed by atoms with E-state index in [0.29, 0.717) is 24.7 Å². The van der Waals surface area contributed by atoms with E-state index in [1.165, 1.54) is 6.21 Å². The van der Waals surface area contributed by atoms with Crippen LogP contribution in [0.4, 0.5) is 0 Å². The van der Waals surface area contributed by atoms with Crippen LogP contribution in [0.3, 0.4) is 0 Å². The summed E-state index contributed by atoms with van der Waals surface area (Å²) >= 11 is 0. The van der Waals surface area contributed by atoms with Crippen LogP contribution in [0.25, 0.3) is 0 Å². The minimum absolute atomic E-state index is 0.227. The smallest absolute Gasteiger partial charge is 0.253 e. The molecule has 2 unspecified atom stereocenters. The molecule has 1 fully saturated rings. The van der Waals surface area contributed by atoms with E-state index in [2.05, 4.69) is 15.8 Å². The zero-order chi connectivity index (χ0) is 23.0. The van der Waals surface area contributed by atoms with E-state index in [9.17, 15) is 9.59 Å². The van der Waals surface area contributed by atoms with Crippen molar-refractivity contribution in [3.8, 4) is 11.5 Å². The largest absolute Gasteiger partial charge is 0.493 e. The van der Waals surface area contributed by atoms with Gasteiger partial charge in [-0.15, -0.1) is 0 Å². The Labute approximate surface area is 192 Å². The van der Waals surface area contributed by atoms with Gasteiger partial charge in [-0.1, -0.05) is 60.7 Å². The highest BCUT2D eigenvalue weighted by molar-refractivity contribution is 6.03. The van der Waals surface area contributed by atoms with E-state index < -0.39 is 11.8 Å². The molecule has 4 rings (SSSR count). The van der Waals surface area contributed by atoms with Crippen molar-refractivity contribution in [1.82, 2.24) is 10.7 Å². The number of amides is 2. The van der Waals surface area contributed by atoms with Gasteiger partial charge in [-0.3, -0.25) is 9.59 Å². The molecule has 0 bridgehead atoms. The molecule has 0 aliphatic carbocycles. The quantitative estimate of drug-likeness (QED) is 0.318. The first-order valence-electron chi connectivity index (χ1n) is 10.7. The average molecular weight is 444 g/mol. The Balaban J connectivity index is 1.39. The third-order valence-corrected chi connectivity index (χ3v) is 5.50. The molecule has 1 saturated heterocycles. The molecule has 2 atom stereocenters. The van der Waals surface area contributed by atoms with Crippen LogP contribution in [-0.4, -0.2) is 31.7 Å². The molecule has 168 valence electrons. The molecule has 33 heavy (non-hydrogen) atoms. The first-order valence-corrected chi connectivity index (χ1v) is 10.7. The SMILES string of the molecule is COc1cc(/C=N\NC(=O)C2C(=O)NCC2c2ccccc2)ccc1OCc1ccccc1. The second-order valence-corrected chi connectivity index (χ2v) is 7.66. The van der Waals surface area contributed by atoms with Gasteiger partial charge >= 0.3 is 0 Å². The van der Waals surface area contributed by atoms with Crippen LogP contribution < -0.4 is 20.2 Å². The fourth-order valence-corrected chi connectivity index (χ4v) is 3.79. The number of carbonyl (C=O) groups excluding carboxylic acids is 2. The normalized spacial score (nSPS) is 17.5. The predicted octanol–water partition coefficient (Wildman–Crippen LogP) is 3.25. The van der Waals surface area contributed by atoms with Gasteiger partial charge in [0.15, 0.2) is 11.5 Å². The molecule has 0 radical (unpaired) electrons. The number of nitrogens with zero attached hydrogens (tertiary/aromatic N) is 1. The highest BCUT2D eigenvalue weighted by Crippen LogP contribution is 2.30. The van der Waals surface area contributed by atoms with Crippen molar-refractivity contribution < 1.29 is 19.1 Å². The van der Waals surface area contributed by atoms with E-state index in [4.69, 9.17) is 9.47 Å². The number of methoxy groups -OCH3 is 1. The third-order valence-electron chi connectivity index (χ3n) is 5.50. The zero-order valence-corrected chi connectivity index (χ0v) is 18.2. The monoisotopic (exact) mass is 443 g/mol. The van der Waals surface area contributed by atoms with Crippen molar-refractivity contribution in [3.63, 3.8) is 0 Å². The fourth-order valence-electron chi connectivity index (χ4n) is 3.79. The molecule has 0 saturated carbocycles. The standard InChI is InChI=1S/C26H25N3O4/c1-32-23-14-19(12-13-22(23)33-17-18-8-4-2-5-9-18)15-28-29-26(31)24-21(16-27-25(24)30)20-10-6-3-7-11-20/h2-15,21,24H,16-17H2,1H3,(H,27,30)(H,29,31)/b28-15-. The number of benzene rings is 3. The lowest BCUT2D eigenvalue weighted by atomic mass is 9.88. The number of rotatable bonds is 8. The van der Waals surface area contributed by atoms with E-state index in [-0.39, 0.29) is 11.8 Å². The maximum atomic E-state index is 12.7. The van der Waals surface area contributed by atoms with Gasteiger partial charge in [0.25, 0.3) is 5.91 Å². The minimum Gasteiger partial charge on any atom is -0.493 e. The summed E-state index contributed by atoms with van der Waals surface area (Å²) in [5.41, 5.74) is 5.21. The van der Waals surface area contributed by atoms with Crippen molar-refractivity contribution in [2.24, 2.45) is 11.0 Å². The lowest BCUT2D eigenvalue weighted by molar-refractivity contribution is -0.133. The van der Waals surface area contributed by atoms with Gasteiger partial charge in [0.1, 0.15) is 12.5 Å². The summed E-state index contributed by atoms with van der Waals surface area (Å²) in [7, 11) is 1.57. The van der Waals surface area contributed by atoms with Gasteiger partial charge in [0.2, 0.25) is 5.91 Å². The van der Waals surface area contributed by atoms with Crippen molar-refractivity contribution in [2.75, 3.05) is 13.7 Å². The second-order valence-electron chi connectivity index (χ2n) is 7.66. The molecule has 0 spiro atoms. The van der Waals surface area contributed by atoms with Crippen LogP contribution in [0, 0.1) is 5.92 Å². The Bertz CT molecular complexity index is 1130. The molecule has 1 aliphatic heterocycles. The first kappa shape index (κ1) is 22.1. The molecule has 7 nitrogen and oxygen atoms in total. The van der Waals surface area contributed by atoms with Gasteiger partial charge in [0.05, 0.1) is 13.3 Å². The second kappa shape index (κ2) is 10.5. The van der Waals surface area contributed by atoms with Crippen molar-refractivity contribution >= 4 is 18.0 Å². The molecular formula is C26H25N3O4. The average Bonchev–Trinajstić information content (AvgIpc) is 3.25. The Hall–Kier alpha value is -4.13. The Morgan fingerprint density at radius 3 is 2.52 bits per heavy atom. The van der Waals surface area contributed by atoms with Crippen LogP contribution in [0.2, 0.25) is 0 Å². The highest BCUT2D eigenvalue weighted by Gasteiger charge is 2.40. The minimum atomic E-state index is -0.826. The molecule has 3 aromatic rings. The summed E-state index contributed by atoms with van der Waals surface area (Å²) in [4.78, 5) is 25.0. The molecular weight excluding hydrogens is 418 g/mol. The number of hydrazone groups is 1. The van der Waals surface area contributed by atoms with E-state index >= 15 is 0 Å². The Morgan fingerprint density at radius 1 is 1.06 bits per heavy atom. The summed E-state index contributed by atoms with van der Waals surface area (Å²) in [6, 6.07) is 24.8. The van der Waals surface area contributed by atoms with Crippen molar-refractivity contribution in [1.29, 1.82) is 0 Å². The molecule has 2 amide bonds. The first-order chi connectivity index (χ1) is 16.2. The molecule has 0 aromatic heterocycles. The fraction of sp³-hybridized carbons (Fsp3) is 0.192. The van der Waals surface area contributed by atoms with Crippen LogP contribution in [0.1, 0.15) is 22.6 Å². The van der Waals surface area contributed by atoms with Gasteiger partial charge < -0.3 is 14.8 Å². The van der Waals surface area contributed by atoms with Crippen molar-refractivity contribution in [3.05, 3.63) is 95.6 Å². The predicted molar refractivity (Wildman–Crippen MR) is 125 cm³/mol. The molecule has 7 heteroatoms. The lowest BCUT2D eigenvalue weighted by Gasteiger charge is -2.15. The van der Waals surface area contributed by atoms with Crippen LogP contribution >= 0.6 is 0 Å². The number of hydrogen-bond acceptors (Lipinski definition) is 5. The lowest BCUT2D eigenvalue weighted by Crippen LogP contribution is -2.34. The molecule has 2 N–H and O–H groups in total. The zero-order valence-electron chi connectivity index (χ0n) is 18.2. The van der Waals surface area contributed by atoms with Gasteiger partial charge in [-0.25, -0.2) is 5.43 Å². The van der Waals surface area contributed by atoms with Crippen LogP contribution in [-0.2, 0) is 16.2 Å². The van der Waals surface area contributed by atoms with Crippen molar-refractivity contribution in [2.45, 2.75) is 12.5 Å².